The maximum atomic E-state index is 12.9. The zero-order chi connectivity index (χ0) is 18.3. The number of amides is 1. The number of hydrogen-bond donors (Lipinski definition) is 2. The van der Waals surface area contributed by atoms with E-state index in [2.05, 4.69) is 35.3 Å². The van der Waals surface area contributed by atoms with Gasteiger partial charge in [-0.1, -0.05) is 29.8 Å². The van der Waals surface area contributed by atoms with E-state index < -0.39 is 5.97 Å². The molecule has 5 heteroatoms. The Morgan fingerprint density at radius 1 is 1.27 bits per heavy atom. The molecule has 1 aromatic carbocycles. The molecule has 3 fully saturated rings. The molecule has 4 rings (SSSR count). The first-order chi connectivity index (χ1) is 12.5. The monoisotopic (exact) mass is 356 g/mol. The number of hydrogen-bond acceptors (Lipinski definition) is 3. The lowest BCUT2D eigenvalue weighted by atomic mass is 9.84. The number of carboxylic acids is 1. The molecule has 140 valence electrons. The van der Waals surface area contributed by atoms with Gasteiger partial charge in [0.2, 0.25) is 5.91 Å². The van der Waals surface area contributed by atoms with Gasteiger partial charge in [0.05, 0.1) is 12.0 Å². The van der Waals surface area contributed by atoms with Gasteiger partial charge in [-0.25, -0.2) is 0 Å². The van der Waals surface area contributed by atoms with Crippen LogP contribution >= 0.6 is 0 Å². The molecule has 3 aliphatic carbocycles. The molecule has 26 heavy (non-hydrogen) atoms. The largest absolute Gasteiger partial charge is 0.480 e. The highest BCUT2D eigenvalue weighted by molar-refractivity contribution is 5.91. The van der Waals surface area contributed by atoms with Gasteiger partial charge in [0.15, 0.2) is 0 Å². The standard InChI is InChI=1S/C21H28N2O3/c1-14-3-2-4-16(9-14)21(7-8-21)20(26)22-17-10-18(11-17)23(13-19(24)25)12-15-5-6-15/h2-4,9,15,17-18H,5-8,10-13H2,1H3,(H,22,26)(H,24,25). The summed E-state index contributed by atoms with van der Waals surface area (Å²) in [6.07, 6.45) is 6.03. The minimum absolute atomic E-state index is 0.120. The summed E-state index contributed by atoms with van der Waals surface area (Å²) in [7, 11) is 0. The number of nitrogens with one attached hydrogen (secondary N) is 1. The van der Waals surface area contributed by atoms with Crippen LogP contribution in [0.5, 0.6) is 0 Å². The summed E-state index contributed by atoms with van der Waals surface area (Å²) in [6.45, 7) is 3.07. The van der Waals surface area contributed by atoms with E-state index in [1.54, 1.807) is 0 Å². The van der Waals surface area contributed by atoms with Crippen molar-refractivity contribution in [3.63, 3.8) is 0 Å². The van der Waals surface area contributed by atoms with Crippen molar-refractivity contribution in [1.82, 2.24) is 10.2 Å². The van der Waals surface area contributed by atoms with Crippen LogP contribution in [-0.2, 0) is 15.0 Å². The summed E-state index contributed by atoms with van der Waals surface area (Å²) in [6, 6.07) is 8.76. The third-order valence-corrected chi connectivity index (χ3v) is 6.25. The number of carbonyl (C=O) groups excluding carboxylic acids is 1. The molecule has 0 heterocycles. The van der Waals surface area contributed by atoms with Gasteiger partial charge in [-0.05, 0) is 56.9 Å². The molecule has 0 atom stereocenters. The average Bonchev–Trinajstić information content (AvgIpc) is 3.42. The Morgan fingerprint density at radius 3 is 2.58 bits per heavy atom. The number of carboxylic acid groups (broad SMARTS) is 1. The Labute approximate surface area is 154 Å². The predicted molar refractivity (Wildman–Crippen MR) is 99.0 cm³/mol. The van der Waals surface area contributed by atoms with E-state index >= 15 is 0 Å². The van der Waals surface area contributed by atoms with E-state index in [-0.39, 0.29) is 23.9 Å². The van der Waals surface area contributed by atoms with Crippen LogP contribution < -0.4 is 5.32 Å². The lowest BCUT2D eigenvalue weighted by Gasteiger charge is -2.43. The van der Waals surface area contributed by atoms with Crippen LogP contribution in [0.15, 0.2) is 24.3 Å². The maximum Gasteiger partial charge on any atom is 0.317 e. The van der Waals surface area contributed by atoms with Crippen LogP contribution in [0.1, 0.15) is 49.7 Å². The summed E-state index contributed by atoms with van der Waals surface area (Å²) < 4.78 is 0. The first-order valence-electron chi connectivity index (χ1n) is 9.80. The molecular formula is C21H28N2O3. The van der Waals surface area contributed by atoms with Crippen molar-refractivity contribution in [3.8, 4) is 0 Å². The van der Waals surface area contributed by atoms with Gasteiger partial charge in [-0.3, -0.25) is 14.5 Å². The smallest absolute Gasteiger partial charge is 0.317 e. The molecular weight excluding hydrogens is 328 g/mol. The van der Waals surface area contributed by atoms with Crippen LogP contribution in [-0.4, -0.2) is 47.1 Å². The number of benzene rings is 1. The molecule has 0 bridgehead atoms. The minimum atomic E-state index is -0.755. The van der Waals surface area contributed by atoms with Crippen molar-refractivity contribution in [2.75, 3.05) is 13.1 Å². The van der Waals surface area contributed by atoms with Gasteiger partial charge in [-0.15, -0.1) is 0 Å². The van der Waals surface area contributed by atoms with Crippen molar-refractivity contribution in [3.05, 3.63) is 35.4 Å². The number of aliphatic carboxylic acids is 1. The number of rotatable bonds is 8. The topological polar surface area (TPSA) is 69.6 Å². The second kappa shape index (κ2) is 6.69. The Hall–Kier alpha value is -1.88. The molecule has 0 saturated heterocycles. The van der Waals surface area contributed by atoms with Crippen LogP contribution in [0.25, 0.3) is 0 Å². The third-order valence-electron chi connectivity index (χ3n) is 6.25. The first kappa shape index (κ1) is 17.5. The first-order valence-corrected chi connectivity index (χ1v) is 9.80. The SMILES string of the molecule is Cc1cccc(C2(C(=O)NC3CC(N(CC(=O)O)CC4CC4)C3)CC2)c1. The molecule has 0 aliphatic heterocycles. The molecule has 1 amide bonds. The van der Waals surface area contributed by atoms with Crippen LogP contribution in [0.2, 0.25) is 0 Å². The highest BCUT2D eigenvalue weighted by Gasteiger charge is 2.52. The van der Waals surface area contributed by atoms with Crippen molar-refractivity contribution >= 4 is 11.9 Å². The third kappa shape index (κ3) is 3.63. The highest BCUT2D eigenvalue weighted by atomic mass is 16.4. The zero-order valence-corrected chi connectivity index (χ0v) is 15.4. The summed E-state index contributed by atoms with van der Waals surface area (Å²) >= 11 is 0. The minimum Gasteiger partial charge on any atom is -0.480 e. The Balaban J connectivity index is 1.32. The van der Waals surface area contributed by atoms with Crippen LogP contribution in [0.3, 0.4) is 0 Å². The van der Waals surface area contributed by atoms with Crippen molar-refractivity contribution < 1.29 is 14.7 Å². The highest BCUT2D eigenvalue weighted by Crippen LogP contribution is 2.49. The number of nitrogens with zero attached hydrogens (tertiary/aromatic N) is 1. The quantitative estimate of drug-likeness (QED) is 0.751. The molecule has 0 radical (unpaired) electrons. The molecule has 0 spiro atoms. The Kier molecular flexibility index (Phi) is 4.51. The lowest BCUT2D eigenvalue weighted by Crippen LogP contribution is -2.56. The fraction of sp³-hybridized carbons (Fsp3) is 0.619. The van der Waals surface area contributed by atoms with Crippen LogP contribution in [0.4, 0.5) is 0 Å². The van der Waals surface area contributed by atoms with E-state index in [1.807, 2.05) is 6.07 Å². The summed E-state index contributed by atoms with van der Waals surface area (Å²) in [4.78, 5) is 26.1. The second-order valence-electron chi connectivity index (χ2n) is 8.51. The molecule has 3 aliphatic rings. The molecule has 0 unspecified atom stereocenters. The second-order valence-corrected chi connectivity index (χ2v) is 8.51. The molecule has 3 saturated carbocycles. The summed E-state index contributed by atoms with van der Waals surface area (Å²) in [5.74, 6) is 0.0760. The van der Waals surface area contributed by atoms with Gasteiger partial charge < -0.3 is 10.4 Å². The van der Waals surface area contributed by atoms with E-state index in [4.69, 9.17) is 5.11 Å². The summed E-state index contributed by atoms with van der Waals surface area (Å²) in [5, 5.41) is 12.4. The molecule has 1 aromatic rings. The van der Waals surface area contributed by atoms with Crippen molar-refractivity contribution in [2.45, 2.75) is 62.9 Å². The van der Waals surface area contributed by atoms with Gasteiger partial charge in [0.1, 0.15) is 0 Å². The van der Waals surface area contributed by atoms with E-state index in [0.717, 1.165) is 37.8 Å². The van der Waals surface area contributed by atoms with E-state index in [0.29, 0.717) is 12.0 Å². The van der Waals surface area contributed by atoms with E-state index in [1.165, 1.54) is 18.4 Å². The lowest BCUT2D eigenvalue weighted by molar-refractivity contribution is -0.140. The van der Waals surface area contributed by atoms with Gasteiger partial charge >= 0.3 is 5.97 Å². The predicted octanol–water partition coefficient (Wildman–Crippen LogP) is 2.47. The van der Waals surface area contributed by atoms with Gasteiger partial charge in [-0.2, -0.15) is 0 Å². The van der Waals surface area contributed by atoms with Crippen molar-refractivity contribution in [2.24, 2.45) is 5.92 Å². The van der Waals surface area contributed by atoms with Crippen molar-refractivity contribution in [1.29, 1.82) is 0 Å². The fourth-order valence-electron chi connectivity index (χ4n) is 4.19. The molecule has 5 nitrogen and oxygen atoms in total. The number of carbonyl (C=O) groups is 2. The summed E-state index contributed by atoms with van der Waals surface area (Å²) in [5.41, 5.74) is 1.99. The van der Waals surface area contributed by atoms with Gasteiger partial charge in [0, 0.05) is 18.6 Å². The average molecular weight is 356 g/mol. The normalized spacial score (nSPS) is 26.2. The number of aryl methyl sites for hydroxylation is 1. The Morgan fingerprint density at radius 2 is 2.00 bits per heavy atom. The van der Waals surface area contributed by atoms with E-state index in [9.17, 15) is 9.59 Å². The molecule has 2 N–H and O–H groups in total. The molecule has 0 aromatic heterocycles. The van der Waals surface area contributed by atoms with Gasteiger partial charge in [0.25, 0.3) is 0 Å². The Bertz CT molecular complexity index is 703. The zero-order valence-electron chi connectivity index (χ0n) is 15.4. The van der Waals surface area contributed by atoms with Crippen LogP contribution in [0, 0.1) is 12.8 Å². The maximum absolute atomic E-state index is 12.9. The fourth-order valence-corrected chi connectivity index (χ4v) is 4.19.